The number of hydrogen-bond donors (Lipinski definition) is 0. The quantitative estimate of drug-likeness (QED) is 0.677. The smallest absolute Gasteiger partial charge is 0.430 e. The third kappa shape index (κ3) is 3.96. The van der Waals surface area contributed by atoms with Crippen LogP contribution in [0.1, 0.15) is 26.7 Å². The van der Waals surface area contributed by atoms with E-state index in [1.54, 1.807) is 0 Å². The first-order chi connectivity index (χ1) is 7.65. The van der Waals surface area contributed by atoms with Gasteiger partial charge < -0.3 is 18.9 Å². The summed E-state index contributed by atoms with van der Waals surface area (Å²) in [6, 6.07) is 0. The van der Waals surface area contributed by atoms with Gasteiger partial charge in [-0.05, 0) is 12.8 Å². The van der Waals surface area contributed by atoms with Crippen LogP contribution >= 0.6 is 0 Å². The van der Waals surface area contributed by atoms with Crippen LogP contribution in [-0.4, -0.2) is 37.7 Å². The molecule has 0 amide bonds. The second kappa shape index (κ2) is 6.19. The second-order valence-corrected chi connectivity index (χ2v) is 3.42. The van der Waals surface area contributed by atoms with Gasteiger partial charge in [0.2, 0.25) is 0 Å². The average Bonchev–Trinajstić information content (AvgIpc) is 2.88. The van der Waals surface area contributed by atoms with Crippen LogP contribution in [0.4, 0.5) is 9.59 Å². The first-order valence-corrected chi connectivity index (χ1v) is 5.32. The molecule has 2 atom stereocenters. The van der Waals surface area contributed by atoms with Gasteiger partial charge in [-0.3, -0.25) is 0 Å². The van der Waals surface area contributed by atoms with Crippen molar-refractivity contribution >= 4 is 12.3 Å². The highest BCUT2D eigenvalue weighted by Gasteiger charge is 2.22. The number of cyclic esters (lactones) is 4. The van der Waals surface area contributed by atoms with Gasteiger partial charge in [-0.15, -0.1) is 0 Å². The Morgan fingerprint density at radius 1 is 0.938 bits per heavy atom. The summed E-state index contributed by atoms with van der Waals surface area (Å²) in [6.07, 6.45) is 0.621. The SMILES string of the molecule is CCC1COC(=O)O1.CCC1COC(=O)O1. The lowest BCUT2D eigenvalue weighted by Gasteiger charge is -1.97. The van der Waals surface area contributed by atoms with Gasteiger partial charge in [0, 0.05) is 0 Å². The molecule has 16 heavy (non-hydrogen) atoms. The Bertz CT molecular complexity index is 226. The van der Waals surface area contributed by atoms with Gasteiger partial charge in [0.05, 0.1) is 0 Å². The molecule has 0 aromatic rings. The van der Waals surface area contributed by atoms with Gasteiger partial charge in [-0.2, -0.15) is 0 Å². The lowest BCUT2D eigenvalue weighted by molar-refractivity contribution is 0.116. The van der Waals surface area contributed by atoms with Crippen molar-refractivity contribution in [1.82, 2.24) is 0 Å². The van der Waals surface area contributed by atoms with Gasteiger partial charge in [-0.25, -0.2) is 9.59 Å². The van der Waals surface area contributed by atoms with Crippen molar-refractivity contribution in [2.24, 2.45) is 0 Å². The molecule has 0 bridgehead atoms. The van der Waals surface area contributed by atoms with Gasteiger partial charge >= 0.3 is 12.3 Å². The predicted molar refractivity (Wildman–Crippen MR) is 53.0 cm³/mol. The van der Waals surface area contributed by atoms with E-state index in [-0.39, 0.29) is 12.2 Å². The van der Waals surface area contributed by atoms with Crippen molar-refractivity contribution in [1.29, 1.82) is 0 Å². The molecular weight excluding hydrogens is 216 g/mol. The van der Waals surface area contributed by atoms with E-state index in [0.717, 1.165) is 12.8 Å². The fourth-order valence-electron chi connectivity index (χ4n) is 1.13. The highest BCUT2D eigenvalue weighted by molar-refractivity contribution is 5.62. The van der Waals surface area contributed by atoms with Crippen LogP contribution in [0.5, 0.6) is 0 Å². The molecule has 2 saturated heterocycles. The predicted octanol–water partition coefficient (Wildman–Crippen LogP) is 1.86. The molecule has 0 aromatic carbocycles. The Kier molecular flexibility index (Phi) is 4.88. The van der Waals surface area contributed by atoms with Gasteiger partial charge in [0.25, 0.3) is 0 Å². The van der Waals surface area contributed by atoms with Gasteiger partial charge in [0.15, 0.2) is 0 Å². The van der Waals surface area contributed by atoms with Crippen LogP contribution < -0.4 is 0 Å². The fraction of sp³-hybridized carbons (Fsp3) is 0.800. The summed E-state index contributed by atoms with van der Waals surface area (Å²) in [5, 5.41) is 0. The molecule has 0 spiro atoms. The number of hydrogen-bond acceptors (Lipinski definition) is 6. The number of rotatable bonds is 2. The fourth-order valence-corrected chi connectivity index (χ4v) is 1.13. The Morgan fingerprint density at radius 2 is 1.31 bits per heavy atom. The maximum absolute atomic E-state index is 10.2. The molecule has 0 aliphatic carbocycles. The first kappa shape index (κ1) is 12.6. The van der Waals surface area contributed by atoms with E-state index in [0.29, 0.717) is 13.2 Å². The molecule has 2 fully saturated rings. The van der Waals surface area contributed by atoms with Crippen LogP contribution in [0.2, 0.25) is 0 Å². The lowest BCUT2D eigenvalue weighted by atomic mass is 10.3. The van der Waals surface area contributed by atoms with E-state index in [1.165, 1.54) is 0 Å². The molecule has 2 aliphatic heterocycles. The van der Waals surface area contributed by atoms with E-state index in [1.807, 2.05) is 13.8 Å². The monoisotopic (exact) mass is 232 g/mol. The van der Waals surface area contributed by atoms with Crippen molar-refractivity contribution in [3.05, 3.63) is 0 Å². The molecule has 6 heteroatoms. The number of carbonyl (C=O) groups excluding carboxylic acids is 2. The van der Waals surface area contributed by atoms with E-state index in [4.69, 9.17) is 0 Å². The van der Waals surface area contributed by atoms with E-state index >= 15 is 0 Å². The van der Waals surface area contributed by atoms with Crippen molar-refractivity contribution < 1.29 is 28.5 Å². The van der Waals surface area contributed by atoms with Crippen molar-refractivity contribution in [2.45, 2.75) is 38.9 Å². The van der Waals surface area contributed by atoms with Crippen LogP contribution in [-0.2, 0) is 18.9 Å². The van der Waals surface area contributed by atoms with Crippen LogP contribution in [0, 0.1) is 0 Å². The zero-order valence-corrected chi connectivity index (χ0v) is 9.43. The molecule has 6 nitrogen and oxygen atoms in total. The molecular formula is C10H16O6. The third-order valence-electron chi connectivity index (χ3n) is 2.21. The molecule has 0 radical (unpaired) electrons. The van der Waals surface area contributed by atoms with E-state index < -0.39 is 12.3 Å². The molecule has 2 aliphatic rings. The molecule has 0 saturated carbocycles. The summed E-state index contributed by atoms with van der Waals surface area (Å²) in [7, 11) is 0. The zero-order chi connectivity index (χ0) is 12.0. The maximum atomic E-state index is 10.2. The molecule has 2 unspecified atom stereocenters. The van der Waals surface area contributed by atoms with Crippen LogP contribution in [0.25, 0.3) is 0 Å². The standard InChI is InChI=1S/2C5H8O3/c2*1-2-4-3-7-5(6)8-4/h2*4H,2-3H2,1H3. The lowest BCUT2D eigenvalue weighted by Crippen LogP contribution is -2.06. The average molecular weight is 232 g/mol. The van der Waals surface area contributed by atoms with Gasteiger partial charge in [0.1, 0.15) is 25.4 Å². The molecule has 2 heterocycles. The van der Waals surface area contributed by atoms with Crippen LogP contribution in [0.3, 0.4) is 0 Å². The molecule has 92 valence electrons. The summed E-state index contributed by atoms with van der Waals surface area (Å²) in [4.78, 5) is 20.3. The zero-order valence-electron chi connectivity index (χ0n) is 9.43. The van der Waals surface area contributed by atoms with Gasteiger partial charge in [-0.1, -0.05) is 13.8 Å². The minimum Gasteiger partial charge on any atom is -0.430 e. The number of carbonyl (C=O) groups is 2. The summed E-state index contributed by atoms with van der Waals surface area (Å²) in [5.74, 6) is 0. The minimum atomic E-state index is -0.531. The van der Waals surface area contributed by atoms with E-state index in [9.17, 15) is 9.59 Å². The topological polar surface area (TPSA) is 71.1 Å². The minimum absolute atomic E-state index is 0.00231. The highest BCUT2D eigenvalue weighted by Crippen LogP contribution is 2.08. The molecule has 0 aromatic heterocycles. The van der Waals surface area contributed by atoms with Crippen LogP contribution in [0.15, 0.2) is 0 Å². The Morgan fingerprint density at radius 3 is 1.44 bits per heavy atom. The summed E-state index contributed by atoms with van der Waals surface area (Å²) in [6.45, 7) is 4.75. The Hall–Kier alpha value is -1.46. The van der Waals surface area contributed by atoms with Crippen molar-refractivity contribution in [2.75, 3.05) is 13.2 Å². The third-order valence-corrected chi connectivity index (χ3v) is 2.21. The van der Waals surface area contributed by atoms with Crippen molar-refractivity contribution in [3.63, 3.8) is 0 Å². The summed E-state index contributed by atoms with van der Waals surface area (Å²) in [5.41, 5.74) is 0. The molecule has 0 N–H and O–H groups in total. The Balaban J connectivity index is 0.000000160. The van der Waals surface area contributed by atoms with E-state index in [2.05, 4.69) is 18.9 Å². The first-order valence-electron chi connectivity index (χ1n) is 5.32. The second-order valence-electron chi connectivity index (χ2n) is 3.42. The molecule has 2 rings (SSSR count). The summed E-state index contributed by atoms with van der Waals surface area (Å²) >= 11 is 0. The largest absolute Gasteiger partial charge is 0.508 e. The highest BCUT2D eigenvalue weighted by atomic mass is 16.8. The normalized spacial score (nSPS) is 27.1. The maximum Gasteiger partial charge on any atom is 0.508 e. The Labute approximate surface area is 93.8 Å². The van der Waals surface area contributed by atoms with Crippen molar-refractivity contribution in [3.8, 4) is 0 Å². The number of ether oxygens (including phenoxy) is 4. The summed E-state index contributed by atoms with van der Waals surface area (Å²) < 4.78 is 18.3.